The maximum atomic E-state index is 14.4. The number of aromatic nitrogens is 2. The topological polar surface area (TPSA) is 75.5 Å². The van der Waals surface area contributed by atoms with Crippen LogP contribution in [0.3, 0.4) is 0 Å². The number of rotatable bonds is 1. The van der Waals surface area contributed by atoms with Crippen molar-refractivity contribution in [2.75, 3.05) is 11.4 Å². The van der Waals surface area contributed by atoms with Crippen LogP contribution >= 0.6 is 0 Å². The summed E-state index contributed by atoms with van der Waals surface area (Å²) < 4.78 is 43.6. The minimum absolute atomic E-state index is 0.292. The molecule has 7 nitrogen and oxygen atoms in total. The first-order valence-electron chi connectivity index (χ1n) is 13.2. The smallest absolute Gasteiger partial charge is 0.283 e. The second-order valence-electron chi connectivity index (χ2n) is 10.8. The summed E-state index contributed by atoms with van der Waals surface area (Å²) in [7, 11) is 0. The molecule has 3 aromatic carbocycles. The molecule has 0 aliphatic carbocycles. The molecule has 8 rings (SSSR count). The number of anilines is 1. The van der Waals surface area contributed by atoms with Crippen LogP contribution in [0.4, 0.5) is 18.9 Å². The Kier molecular flexibility index (Phi) is 4.51. The van der Waals surface area contributed by atoms with E-state index in [2.05, 4.69) is 4.90 Å². The molecule has 0 unspecified atom stereocenters. The molecule has 0 bridgehead atoms. The van der Waals surface area contributed by atoms with Gasteiger partial charge in [-0.1, -0.05) is 42.5 Å². The molecule has 0 saturated carbocycles. The van der Waals surface area contributed by atoms with E-state index in [4.69, 9.17) is 4.98 Å². The Balaban J connectivity index is 1.43. The van der Waals surface area contributed by atoms with Crippen molar-refractivity contribution in [3.63, 3.8) is 0 Å². The molecule has 3 saturated heterocycles. The Morgan fingerprint density at radius 3 is 2.35 bits per heavy atom. The third-order valence-electron chi connectivity index (χ3n) is 9.09. The maximum Gasteiger partial charge on any atom is 0.418 e. The maximum absolute atomic E-state index is 14.4. The number of amides is 2. The van der Waals surface area contributed by atoms with Crippen LogP contribution in [0.5, 0.6) is 0 Å². The lowest BCUT2D eigenvalue weighted by atomic mass is 9.75. The molecular weight excluding hydrogens is 521 g/mol. The predicted molar refractivity (Wildman–Crippen MR) is 139 cm³/mol. The first-order chi connectivity index (χ1) is 19.3. The molecule has 10 heteroatoms. The fourth-order valence-electron chi connectivity index (χ4n) is 7.76. The summed E-state index contributed by atoms with van der Waals surface area (Å²) in [5.41, 5.74) is -1.37. The van der Waals surface area contributed by atoms with Crippen LogP contribution in [0.2, 0.25) is 0 Å². The Bertz CT molecular complexity index is 1850. The van der Waals surface area contributed by atoms with E-state index in [1.807, 2.05) is 12.1 Å². The molecule has 5 heterocycles. The van der Waals surface area contributed by atoms with Gasteiger partial charge in [0.25, 0.3) is 5.56 Å². The number of benzene rings is 3. The Labute approximate surface area is 225 Å². The number of alkyl halides is 3. The third-order valence-corrected chi connectivity index (χ3v) is 9.09. The average Bonchev–Trinajstić information content (AvgIpc) is 3.66. The molecule has 200 valence electrons. The zero-order valence-electron chi connectivity index (χ0n) is 20.9. The average molecular weight is 543 g/mol. The zero-order valence-corrected chi connectivity index (χ0v) is 20.9. The number of carbonyl (C=O) groups excluding carboxylic acids is 2. The summed E-state index contributed by atoms with van der Waals surface area (Å²) in [5.74, 6) is -2.93. The van der Waals surface area contributed by atoms with Crippen LogP contribution < -0.4 is 10.5 Å². The van der Waals surface area contributed by atoms with Crippen molar-refractivity contribution >= 4 is 28.4 Å². The number of nitrogens with zero attached hydrogens (tertiary/aromatic N) is 4. The lowest BCUT2D eigenvalue weighted by Gasteiger charge is -2.38. The Morgan fingerprint density at radius 2 is 1.55 bits per heavy atom. The number of hydrogen-bond acceptors (Lipinski definition) is 5. The highest BCUT2D eigenvalue weighted by Gasteiger charge is 2.74. The molecule has 4 aromatic rings. The van der Waals surface area contributed by atoms with Crippen LogP contribution in [-0.2, 0) is 21.3 Å². The second-order valence-corrected chi connectivity index (χ2v) is 10.8. The number of fused-ring (bicyclic) bond motifs is 11. The number of para-hydroxylation sites is 3. The summed E-state index contributed by atoms with van der Waals surface area (Å²) in [6.45, 7) is 0.564. The lowest BCUT2D eigenvalue weighted by molar-refractivity contribution is -0.137. The van der Waals surface area contributed by atoms with E-state index in [-0.39, 0.29) is 11.6 Å². The standard InChI is InChI=1S/C30H21F3N4O3/c31-30(32,33)18-10-3-6-13-21(18)36-26(39)23-22-14-7-15-35(22)29(24(23)27(36)40)17-9-2-5-12-20(17)37-25(38)16-8-1-4-11-19(16)34-28(29)37/h1-6,8-13,22-24H,7,14-15H2/t22-,23+,24-,29+/m0/s1. The van der Waals surface area contributed by atoms with Gasteiger partial charge >= 0.3 is 6.18 Å². The Morgan fingerprint density at radius 1 is 0.850 bits per heavy atom. The highest BCUT2D eigenvalue weighted by Crippen LogP contribution is 2.62. The van der Waals surface area contributed by atoms with Gasteiger partial charge in [0, 0.05) is 11.6 Å². The summed E-state index contributed by atoms with van der Waals surface area (Å²) in [4.78, 5) is 50.2. The van der Waals surface area contributed by atoms with Gasteiger partial charge in [0.1, 0.15) is 11.4 Å². The molecule has 1 aromatic heterocycles. The molecule has 0 radical (unpaired) electrons. The van der Waals surface area contributed by atoms with Gasteiger partial charge in [-0.2, -0.15) is 13.2 Å². The van der Waals surface area contributed by atoms with Crippen LogP contribution in [0.15, 0.2) is 77.6 Å². The fraction of sp³-hybridized carbons (Fsp3) is 0.267. The van der Waals surface area contributed by atoms with Crippen molar-refractivity contribution in [3.8, 4) is 5.69 Å². The van der Waals surface area contributed by atoms with E-state index in [9.17, 15) is 27.6 Å². The highest BCUT2D eigenvalue weighted by atomic mass is 19.4. The van der Waals surface area contributed by atoms with Crippen molar-refractivity contribution in [1.82, 2.24) is 14.5 Å². The largest absolute Gasteiger partial charge is 0.418 e. The second kappa shape index (κ2) is 7.66. The van der Waals surface area contributed by atoms with Crippen LogP contribution in [-0.4, -0.2) is 38.9 Å². The summed E-state index contributed by atoms with van der Waals surface area (Å²) >= 11 is 0. The van der Waals surface area contributed by atoms with E-state index in [0.717, 1.165) is 17.4 Å². The van der Waals surface area contributed by atoms with E-state index in [1.54, 1.807) is 36.4 Å². The molecular formula is C30H21F3N4O3. The first kappa shape index (κ1) is 23.6. The van der Waals surface area contributed by atoms with Gasteiger partial charge in [-0.3, -0.25) is 23.9 Å². The van der Waals surface area contributed by atoms with Gasteiger partial charge in [-0.25, -0.2) is 9.88 Å². The fourth-order valence-corrected chi connectivity index (χ4v) is 7.76. The van der Waals surface area contributed by atoms with Crippen molar-refractivity contribution < 1.29 is 22.8 Å². The van der Waals surface area contributed by atoms with E-state index >= 15 is 0 Å². The monoisotopic (exact) mass is 542 g/mol. The van der Waals surface area contributed by atoms with Crippen molar-refractivity contribution in [2.45, 2.75) is 30.6 Å². The quantitative estimate of drug-likeness (QED) is 0.337. The van der Waals surface area contributed by atoms with Crippen molar-refractivity contribution in [3.05, 3.63) is 100 Å². The number of hydrogen-bond donors (Lipinski definition) is 0. The van der Waals surface area contributed by atoms with E-state index < -0.39 is 46.6 Å². The van der Waals surface area contributed by atoms with Crippen LogP contribution in [0.25, 0.3) is 16.6 Å². The highest BCUT2D eigenvalue weighted by molar-refractivity contribution is 6.23. The normalized spacial score (nSPS) is 27.0. The van der Waals surface area contributed by atoms with Gasteiger partial charge in [-0.15, -0.1) is 0 Å². The SMILES string of the molecule is O=C1[C@H]2[C@@H](C(=O)N1c1ccccc1C(F)(F)F)[C@@]1(c3ccccc3-n3c1nc1ccccc1c3=O)N1CCC[C@@H]21. The minimum atomic E-state index is -4.76. The minimum Gasteiger partial charge on any atom is -0.283 e. The van der Waals surface area contributed by atoms with Crippen molar-refractivity contribution in [1.29, 1.82) is 0 Å². The van der Waals surface area contributed by atoms with Crippen LogP contribution in [0, 0.1) is 11.8 Å². The molecule has 1 spiro atoms. The van der Waals surface area contributed by atoms with Gasteiger partial charge in [0.05, 0.1) is 39.7 Å². The summed E-state index contributed by atoms with van der Waals surface area (Å²) in [6.07, 6.45) is -3.40. The molecule has 0 N–H and O–H groups in total. The zero-order chi connectivity index (χ0) is 27.6. The predicted octanol–water partition coefficient (Wildman–Crippen LogP) is 4.25. The summed E-state index contributed by atoms with van der Waals surface area (Å²) in [5, 5.41) is 0.417. The van der Waals surface area contributed by atoms with Gasteiger partial charge in [0.15, 0.2) is 0 Å². The van der Waals surface area contributed by atoms with E-state index in [1.165, 1.54) is 22.8 Å². The molecule has 40 heavy (non-hydrogen) atoms. The lowest BCUT2D eigenvalue weighted by Crippen LogP contribution is -2.51. The van der Waals surface area contributed by atoms with Crippen LogP contribution in [0.1, 0.15) is 29.8 Å². The molecule has 4 atom stereocenters. The molecule has 4 aliphatic heterocycles. The van der Waals surface area contributed by atoms with Gasteiger partial charge < -0.3 is 0 Å². The third kappa shape index (κ3) is 2.64. The van der Waals surface area contributed by atoms with Gasteiger partial charge in [0.2, 0.25) is 11.8 Å². The van der Waals surface area contributed by atoms with E-state index in [0.29, 0.717) is 40.9 Å². The number of imide groups is 1. The van der Waals surface area contributed by atoms with Crippen molar-refractivity contribution in [2.24, 2.45) is 11.8 Å². The first-order valence-corrected chi connectivity index (χ1v) is 13.2. The molecule has 4 aliphatic rings. The molecule has 3 fully saturated rings. The number of halogens is 3. The number of carbonyl (C=O) groups is 2. The Hall–Kier alpha value is -4.31. The summed E-state index contributed by atoms with van der Waals surface area (Å²) in [6, 6.07) is 18.5. The van der Waals surface area contributed by atoms with Gasteiger partial charge in [-0.05, 0) is 49.7 Å². The molecule has 2 amide bonds.